The maximum Gasteiger partial charge on any atom is 0.323 e. The molecule has 0 radical (unpaired) electrons. The molecule has 3 fully saturated rings. The summed E-state index contributed by atoms with van der Waals surface area (Å²) < 4.78 is 0. The van der Waals surface area contributed by atoms with Gasteiger partial charge in [-0.05, 0) is 86.2 Å². The second-order valence-corrected chi connectivity index (χ2v) is 8.76. The number of amides is 2. The van der Waals surface area contributed by atoms with Gasteiger partial charge < -0.3 is 20.5 Å². The minimum Gasteiger partial charge on any atom is -0.361 e. The smallest absolute Gasteiger partial charge is 0.323 e. The molecule has 4 aromatic rings. The first kappa shape index (κ1) is 18.2. The van der Waals surface area contributed by atoms with Crippen LogP contribution in [0.4, 0.5) is 22.0 Å². The van der Waals surface area contributed by atoms with E-state index in [2.05, 4.69) is 32.7 Å². The molecule has 7 rings (SSSR count). The summed E-state index contributed by atoms with van der Waals surface area (Å²) in [7, 11) is 0. The van der Waals surface area contributed by atoms with Crippen molar-refractivity contribution in [2.45, 2.75) is 31.7 Å². The molecule has 31 heavy (non-hydrogen) atoms. The third-order valence-corrected chi connectivity index (χ3v) is 6.75. The van der Waals surface area contributed by atoms with Crippen LogP contribution in [0.25, 0.3) is 21.8 Å². The number of carbonyl (C=O) groups excluding carboxylic acids is 1. The number of H-pyrrole nitrogens is 1. The molecule has 0 spiro atoms. The van der Waals surface area contributed by atoms with Gasteiger partial charge in [0, 0.05) is 46.4 Å². The molecule has 6 heteroatoms. The van der Waals surface area contributed by atoms with Gasteiger partial charge in [0.1, 0.15) is 5.82 Å². The summed E-state index contributed by atoms with van der Waals surface area (Å²) in [5.74, 6) is 1.91. The van der Waals surface area contributed by atoms with E-state index < -0.39 is 0 Å². The van der Waals surface area contributed by atoms with Crippen molar-refractivity contribution in [1.29, 1.82) is 0 Å². The Morgan fingerprint density at radius 2 is 1.68 bits per heavy atom. The second kappa shape index (κ2) is 7.30. The van der Waals surface area contributed by atoms with Crippen LogP contribution in [0.3, 0.4) is 0 Å². The van der Waals surface area contributed by atoms with Crippen LogP contribution < -0.4 is 15.5 Å². The fourth-order valence-corrected chi connectivity index (χ4v) is 5.12. The van der Waals surface area contributed by atoms with E-state index >= 15 is 0 Å². The van der Waals surface area contributed by atoms with Gasteiger partial charge >= 0.3 is 6.03 Å². The molecule has 156 valence electrons. The molecule has 1 aliphatic carbocycles. The number of carbonyl (C=O) groups is 1. The van der Waals surface area contributed by atoms with Crippen LogP contribution in [0.5, 0.6) is 0 Å². The molecule has 1 saturated carbocycles. The van der Waals surface area contributed by atoms with Crippen LogP contribution in [0, 0.1) is 5.92 Å². The SMILES string of the molecule is O=C(Nc1ccc2nc(N3CC4CCC3CC4)ccc2c1)Nc1ccc2[nH]ccc2c1. The molecule has 0 unspecified atom stereocenters. The number of nitrogens with one attached hydrogen (secondary N) is 3. The molecule has 6 nitrogen and oxygen atoms in total. The largest absolute Gasteiger partial charge is 0.361 e. The average Bonchev–Trinajstić information content (AvgIpc) is 3.27. The lowest BCUT2D eigenvalue weighted by molar-refractivity contribution is 0.251. The van der Waals surface area contributed by atoms with Gasteiger partial charge in [0.25, 0.3) is 0 Å². The summed E-state index contributed by atoms with van der Waals surface area (Å²) in [6.45, 7) is 1.14. The summed E-state index contributed by atoms with van der Waals surface area (Å²) in [6, 6.07) is 18.3. The van der Waals surface area contributed by atoms with Crippen LogP contribution in [-0.4, -0.2) is 28.6 Å². The van der Waals surface area contributed by atoms with Crippen molar-refractivity contribution in [3.05, 3.63) is 60.8 Å². The number of aromatic amines is 1. The highest BCUT2D eigenvalue weighted by atomic mass is 16.2. The van der Waals surface area contributed by atoms with Crippen molar-refractivity contribution < 1.29 is 4.79 Å². The normalized spacial score (nSPS) is 20.3. The summed E-state index contributed by atoms with van der Waals surface area (Å²) in [4.78, 5) is 23.0. The number of urea groups is 1. The topological polar surface area (TPSA) is 73.1 Å². The first-order valence-corrected chi connectivity index (χ1v) is 11.0. The molecule has 3 N–H and O–H groups in total. The van der Waals surface area contributed by atoms with Crippen molar-refractivity contribution in [3.8, 4) is 0 Å². The Labute approximate surface area is 180 Å². The van der Waals surface area contributed by atoms with E-state index in [1.165, 1.54) is 25.7 Å². The lowest BCUT2D eigenvalue weighted by Crippen LogP contribution is -2.48. The summed E-state index contributed by atoms with van der Waals surface area (Å²) >= 11 is 0. The van der Waals surface area contributed by atoms with E-state index in [4.69, 9.17) is 4.98 Å². The maximum absolute atomic E-state index is 12.5. The Bertz CT molecular complexity index is 1270. The minimum atomic E-state index is -0.261. The standard InChI is InChI=1S/C25H25N5O/c31-25(27-19-4-8-22-18(14-19)11-12-26-22)28-20-5-9-23-17(13-20)3-10-24(29-23)30-15-16-1-6-21(30)7-2-16/h3-5,8-14,16,21,26H,1-2,6-7,15H2,(H2,27,28,31). The number of fused-ring (bicyclic) bond motifs is 5. The van der Waals surface area contributed by atoms with Gasteiger partial charge in [-0.1, -0.05) is 0 Å². The Morgan fingerprint density at radius 3 is 2.45 bits per heavy atom. The van der Waals surface area contributed by atoms with E-state index in [1.807, 2.05) is 48.7 Å². The molecular weight excluding hydrogens is 386 g/mol. The van der Waals surface area contributed by atoms with E-state index in [0.29, 0.717) is 6.04 Å². The van der Waals surface area contributed by atoms with Crippen molar-refractivity contribution in [2.75, 3.05) is 22.1 Å². The first-order chi connectivity index (χ1) is 15.2. The number of piperidine rings is 2. The zero-order valence-corrected chi connectivity index (χ0v) is 17.3. The molecule has 2 aliphatic heterocycles. The van der Waals surface area contributed by atoms with Gasteiger partial charge in [-0.25, -0.2) is 9.78 Å². The molecule has 2 aromatic carbocycles. The highest BCUT2D eigenvalue weighted by Crippen LogP contribution is 2.37. The van der Waals surface area contributed by atoms with Crippen LogP contribution in [0.15, 0.2) is 60.8 Å². The predicted octanol–water partition coefficient (Wildman–Crippen LogP) is 5.74. The van der Waals surface area contributed by atoms with Gasteiger partial charge in [0.2, 0.25) is 0 Å². The first-order valence-electron chi connectivity index (χ1n) is 11.0. The lowest BCUT2D eigenvalue weighted by Gasteiger charge is -2.46. The lowest BCUT2D eigenvalue weighted by atomic mass is 9.80. The number of hydrogen-bond donors (Lipinski definition) is 3. The van der Waals surface area contributed by atoms with Gasteiger partial charge in [-0.3, -0.25) is 0 Å². The molecular formula is C25H25N5O. The number of aromatic nitrogens is 2. The van der Waals surface area contributed by atoms with Crippen molar-refractivity contribution in [3.63, 3.8) is 0 Å². The van der Waals surface area contributed by atoms with Crippen LogP contribution in [0.1, 0.15) is 25.7 Å². The Balaban J connectivity index is 1.17. The molecule has 3 aliphatic rings. The minimum absolute atomic E-state index is 0.261. The van der Waals surface area contributed by atoms with Crippen LogP contribution in [0.2, 0.25) is 0 Å². The number of nitrogens with zero attached hydrogens (tertiary/aromatic N) is 2. The third-order valence-electron chi connectivity index (χ3n) is 6.75. The fraction of sp³-hybridized carbons (Fsp3) is 0.280. The zero-order valence-electron chi connectivity index (χ0n) is 17.3. The van der Waals surface area contributed by atoms with Gasteiger partial charge in [0.15, 0.2) is 0 Å². The van der Waals surface area contributed by atoms with Crippen molar-refractivity contribution in [2.24, 2.45) is 5.92 Å². The number of hydrogen-bond acceptors (Lipinski definition) is 3. The van der Waals surface area contributed by atoms with E-state index in [0.717, 1.165) is 51.5 Å². The predicted molar refractivity (Wildman–Crippen MR) is 126 cm³/mol. The third kappa shape index (κ3) is 3.48. The summed E-state index contributed by atoms with van der Waals surface area (Å²) in [5.41, 5.74) is 3.51. The van der Waals surface area contributed by atoms with Gasteiger partial charge in [-0.2, -0.15) is 0 Å². The number of anilines is 3. The highest BCUT2D eigenvalue weighted by molar-refractivity contribution is 6.02. The number of rotatable bonds is 3. The summed E-state index contributed by atoms with van der Waals surface area (Å²) in [6.07, 6.45) is 7.20. The molecule has 4 heterocycles. The number of benzene rings is 2. The molecule has 0 atom stereocenters. The second-order valence-electron chi connectivity index (χ2n) is 8.76. The van der Waals surface area contributed by atoms with E-state index in [-0.39, 0.29) is 6.03 Å². The van der Waals surface area contributed by atoms with Crippen molar-refractivity contribution in [1.82, 2.24) is 9.97 Å². The Morgan fingerprint density at radius 1 is 0.903 bits per heavy atom. The number of pyridine rings is 1. The quantitative estimate of drug-likeness (QED) is 0.402. The molecule has 2 amide bonds. The average molecular weight is 412 g/mol. The maximum atomic E-state index is 12.5. The van der Waals surface area contributed by atoms with Gasteiger partial charge in [0.05, 0.1) is 5.52 Å². The molecule has 2 aromatic heterocycles. The Kier molecular flexibility index (Phi) is 4.30. The molecule has 2 saturated heterocycles. The van der Waals surface area contributed by atoms with E-state index in [9.17, 15) is 4.79 Å². The Hall–Kier alpha value is -3.54. The van der Waals surface area contributed by atoms with Crippen LogP contribution >= 0.6 is 0 Å². The van der Waals surface area contributed by atoms with E-state index in [1.54, 1.807) is 0 Å². The molecule has 2 bridgehead atoms. The fourth-order valence-electron chi connectivity index (χ4n) is 5.12. The van der Waals surface area contributed by atoms with Gasteiger partial charge in [-0.15, -0.1) is 0 Å². The van der Waals surface area contributed by atoms with Crippen molar-refractivity contribution >= 4 is 45.0 Å². The summed E-state index contributed by atoms with van der Waals surface area (Å²) in [5, 5.41) is 7.92. The zero-order chi connectivity index (χ0) is 20.8. The van der Waals surface area contributed by atoms with Crippen LogP contribution in [-0.2, 0) is 0 Å². The highest BCUT2D eigenvalue weighted by Gasteiger charge is 2.34. The monoisotopic (exact) mass is 411 g/mol.